The summed E-state index contributed by atoms with van der Waals surface area (Å²) in [7, 11) is 5.87. The molecular weight excluding hydrogens is 389 g/mol. The summed E-state index contributed by atoms with van der Waals surface area (Å²) < 4.78 is 0. The van der Waals surface area contributed by atoms with E-state index in [1.807, 2.05) is 42.5 Å². The summed E-state index contributed by atoms with van der Waals surface area (Å²) in [6.07, 6.45) is 2.27. The molecule has 0 saturated carbocycles. The second kappa shape index (κ2) is 10.8. The molecule has 1 atom stereocenters. The Morgan fingerprint density at radius 3 is 2.71 bits per heavy atom. The maximum atomic E-state index is 12.5. The van der Waals surface area contributed by atoms with E-state index in [0.717, 1.165) is 5.56 Å². The van der Waals surface area contributed by atoms with Crippen LogP contribution in [-0.2, 0) is 11.2 Å². The van der Waals surface area contributed by atoms with E-state index in [9.17, 15) is 4.79 Å². The van der Waals surface area contributed by atoms with Gasteiger partial charge in [-0.1, -0.05) is 36.4 Å². The van der Waals surface area contributed by atoms with Crippen LogP contribution < -0.4 is 27.1 Å². The molecule has 5 N–H and O–H groups in total. The lowest BCUT2D eigenvalue weighted by Gasteiger charge is -2.14. The highest BCUT2D eigenvalue weighted by Gasteiger charge is 2.14. The number of carbonyl (C=O) groups excluding carboxylic acids is 1. The van der Waals surface area contributed by atoms with Gasteiger partial charge in [-0.05, 0) is 35.6 Å². The lowest BCUT2D eigenvalue weighted by Crippen LogP contribution is -2.37. The van der Waals surface area contributed by atoms with Gasteiger partial charge in [0.25, 0.3) is 0 Å². The number of benzene rings is 2. The first-order valence-electron chi connectivity index (χ1n) is 9.76. The molecule has 2 radical (unpaired) electrons. The molecule has 31 heavy (non-hydrogen) atoms. The molecule has 154 valence electrons. The van der Waals surface area contributed by atoms with Crippen molar-refractivity contribution in [2.24, 2.45) is 5.73 Å². The van der Waals surface area contributed by atoms with Crippen molar-refractivity contribution < 1.29 is 4.79 Å². The minimum atomic E-state index is -0.665. The third kappa shape index (κ3) is 6.55. The number of hydrogen-bond donors (Lipinski definition) is 4. The van der Waals surface area contributed by atoms with Crippen molar-refractivity contribution in [1.29, 1.82) is 5.26 Å². The molecule has 1 aromatic heterocycles. The van der Waals surface area contributed by atoms with Crippen LogP contribution in [0.3, 0.4) is 0 Å². The molecule has 0 aliphatic heterocycles. The Balaban J connectivity index is 1.63. The molecule has 0 fully saturated rings. The summed E-state index contributed by atoms with van der Waals surface area (Å²) in [4.78, 5) is 21.0. The van der Waals surface area contributed by atoms with E-state index in [2.05, 4.69) is 25.9 Å². The van der Waals surface area contributed by atoms with E-state index >= 15 is 0 Å². The summed E-state index contributed by atoms with van der Waals surface area (Å²) in [6.45, 7) is 0.432. The number of rotatable bonds is 9. The predicted molar refractivity (Wildman–Crippen MR) is 123 cm³/mol. The second-order valence-corrected chi connectivity index (χ2v) is 6.82. The fourth-order valence-corrected chi connectivity index (χ4v) is 2.83. The molecule has 9 heteroatoms. The van der Waals surface area contributed by atoms with Gasteiger partial charge in [0.1, 0.15) is 13.7 Å². The maximum Gasteiger partial charge on any atom is 0.241 e. The lowest BCUT2D eigenvalue weighted by atomic mass is 9.99. The smallest absolute Gasteiger partial charge is 0.241 e. The molecule has 0 bridgehead atoms. The van der Waals surface area contributed by atoms with E-state index in [4.69, 9.17) is 18.8 Å². The highest BCUT2D eigenvalue weighted by molar-refractivity contribution is 6.35. The number of carbonyl (C=O) groups is 1. The number of anilines is 4. The molecular formula is C22H22BN7O. The molecule has 2 aromatic carbocycles. The summed E-state index contributed by atoms with van der Waals surface area (Å²) in [5.41, 5.74) is 8.72. The van der Waals surface area contributed by atoms with Gasteiger partial charge >= 0.3 is 0 Å². The van der Waals surface area contributed by atoms with E-state index in [0.29, 0.717) is 48.0 Å². The molecule has 1 amide bonds. The normalized spacial score (nSPS) is 11.2. The monoisotopic (exact) mass is 411 g/mol. The number of nitrogens with one attached hydrogen (secondary N) is 3. The van der Waals surface area contributed by atoms with Crippen LogP contribution in [0.1, 0.15) is 12.0 Å². The topological polar surface area (TPSA) is 129 Å². The van der Waals surface area contributed by atoms with Crippen LogP contribution in [0.2, 0.25) is 0 Å². The quantitative estimate of drug-likeness (QED) is 0.312. The van der Waals surface area contributed by atoms with Gasteiger partial charge in [0.05, 0.1) is 18.5 Å². The van der Waals surface area contributed by atoms with Gasteiger partial charge in [0.15, 0.2) is 0 Å². The first-order valence-corrected chi connectivity index (χ1v) is 9.76. The van der Waals surface area contributed by atoms with Crippen molar-refractivity contribution >= 4 is 42.4 Å². The lowest BCUT2D eigenvalue weighted by molar-refractivity contribution is -0.117. The van der Waals surface area contributed by atoms with Crippen molar-refractivity contribution in [1.82, 2.24) is 9.97 Å². The minimum Gasteiger partial charge on any atom is -0.369 e. The van der Waals surface area contributed by atoms with Gasteiger partial charge in [0, 0.05) is 24.1 Å². The van der Waals surface area contributed by atoms with Crippen LogP contribution in [0, 0.1) is 11.3 Å². The Hall–Kier alpha value is -3.90. The molecule has 0 saturated heterocycles. The standard InChI is InChI=1S/C22H22BN7O/c23-18-14-27-22(30-20(18)26-11-5-10-24)29-17-9-4-8-16(13-17)28-21(31)19(25)12-15-6-2-1-3-7-15/h1-4,6-9,13-14,19H,5,11-12,25H2,(H,28,31)(H2,26,27,29,30). The van der Waals surface area contributed by atoms with Crippen LogP contribution in [0.15, 0.2) is 60.8 Å². The van der Waals surface area contributed by atoms with Crippen molar-refractivity contribution in [2.45, 2.75) is 18.9 Å². The number of aromatic nitrogens is 2. The van der Waals surface area contributed by atoms with Crippen LogP contribution in [0.5, 0.6) is 0 Å². The van der Waals surface area contributed by atoms with Gasteiger partial charge in [-0.25, -0.2) is 4.98 Å². The third-order valence-electron chi connectivity index (χ3n) is 4.37. The molecule has 1 unspecified atom stereocenters. The van der Waals surface area contributed by atoms with E-state index in [1.165, 1.54) is 6.20 Å². The molecule has 3 rings (SSSR count). The Morgan fingerprint density at radius 1 is 1.16 bits per heavy atom. The van der Waals surface area contributed by atoms with Gasteiger partial charge in [0.2, 0.25) is 11.9 Å². The van der Waals surface area contributed by atoms with E-state index in [1.54, 1.807) is 18.2 Å². The largest absolute Gasteiger partial charge is 0.369 e. The molecule has 0 aliphatic carbocycles. The van der Waals surface area contributed by atoms with Crippen LogP contribution in [-0.4, -0.2) is 36.3 Å². The van der Waals surface area contributed by atoms with Gasteiger partial charge < -0.3 is 21.7 Å². The maximum absolute atomic E-state index is 12.5. The highest BCUT2D eigenvalue weighted by Crippen LogP contribution is 2.19. The van der Waals surface area contributed by atoms with Gasteiger partial charge in [-0.15, -0.1) is 0 Å². The number of amides is 1. The number of nitriles is 1. The fourth-order valence-electron chi connectivity index (χ4n) is 2.83. The number of nitrogens with zero attached hydrogens (tertiary/aromatic N) is 3. The van der Waals surface area contributed by atoms with Crippen molar-refractivity contribution in [3.8, 4) is 6.07 Å². The van der Waals surface area contributed by atoms with Crippen LogP contribution in [0.4, 0.5) is 23.1 Å². The zero-order chi connectivity index (χ0) is 22.1. The first kappa shape index (κ1) is 21.8. The number of nitrogens with two attached hydrogens (primary N) is 1. The summed E-state index contributed by atoms with van der Waals surface area (Å²) in [5.74, 6) is 0.510. The average molecular weight is 411 g/mol. The highest BCUT2D eigenvalue weighted by atomic mass is 16.2. The Kier molecular flexibility index (Phi) is 7.57. The van der Waals surface area contributed by atoms with Gasteiger partial charge in [-0.2, -0.15) is 10.2 Å². The van der Waals surface area contributed by atoms with E-state index in [-0.39, 0.29) is 5.91 Å². The van der Waals surface area contributed by atoms with Crippen molar-refractivity contribution in [3.05, 3.63) is 66.4 Å². The molecule has 8 nitrogen and oxygen atoms in total. The fraction of sp³-hybridized carbons (Fsp3) is 0.182. The predicted octanol–water partition coefficient (Wildman–Crippen LogP) is 1.85. The minimum absolute atomic E-state index is 0.270. The third-order valence-corrected chi connectivity index (χ3v) is 4.37. The Labute approximate surface area is 182 Å². The van der Waals surface area contributed by atoms with Crippen molar-refractivity contribution in [2.75, 3.05) is 22.5 Å². The zero-order valence-electron chi connectivity index (χ0n) is 16.9. The Bertz CT molecular complexity index is 1070. The molecule has 0 spiro atoms. The van der Waals surface area contributed by atoms with Crippen molar-refractivity contribution in [3.63, 3.8) is 0 Å². The molecule has 1 heterocycles. The average Bonchev–Trinajstić information content (AvgIpc) is 2.77. The van der Waals surface area contributed by atoms with E-state index < -0.39 is 6.04 Å². The SMILES string of the molecule is [B]c1cnc(Nc2cccc(NC(=O)C(N)Cc3ccccc3)c2)nc1NCCC#N. The first-order chi connectivity index (χ1) is 15.0. The second-order valence-electron chi connectivity index (χ2n) is 6.82. The number of hydrogen-bond acceptors (Lipinski definition) is 7. The Morgan fingerprint density at radius 2 is 1.94 bits per heavy atom. The van der Waals surface area contributed by atoms with Crippen LogP contribution in [0.25, 0.3) is 0 Å². The molecule has 3 aromatic rings. The summed E-state index contributed by atoms with van der Waals surface area (Å²) >= 11 is 0. The summed E-state index contributed by atoms with van der Waals surface area (Å²) in [5, 5.41) is 17.6. The van der Waals surface area contributed by atoms with Crippen LogP contribution >= 0.6 is 0 Å². The molecule has 0 aliphatic rings. The van der Waals surface area contributed by atoms with Gasteiger partial charge in [-0.3, -0.25) is 4.79 Å². The zero-order valence-corrected chi connectivity index (χ0v) is 16.9. The summed E-state index contributed by atoms with van der Waals surface area (Å²) in [6, 6.07) is 18.2.